The predicted molar refractivity (Wildman–Crippen MR) is 64.0 cm³/mol. The summed E-state index contributed by atoms with van der Waals surface area (Å²) in [5.41, 5.74) is -8.40. The summed E-state index contributed by atoms with van der Waals surface area (Å²) in [4.78, 5) is 10.7. The first-order valence-electron chi connectivity index (χ1n) is 5.57. The number of thioether (sulfide) groups is 1. The van der Waals surface area contributed by atoms with E-state index in [0.717, 1.165) is 0 Å². The molecule has 0 heterocycles. The van der Waals surface area contributed by atoms with Crippen LogP contribution in [0.2, 0.25) is 0 Å². The highest BCUT2D eigenvalue weighted by atomic mass is 32.2. The van der Waals surface area contributed by atoms with Crippen molar-refractivity contribution in [2.45, 2.75) is 23.5 Å². The van der Waals surface area contributed by atoms with E-state index in [1.54, 1.807) is 0 Å². The molecule has 0 aromatic heterocycles. The Balaban J connectivity index is 3.56. The maximum atomic E-state index is 13.0. The lowest BCUT2D eigenvalue weighted by Crippen LogP contribution is -2.17. The van der Waals surface area contributed by atoms with Crippen LogP contribution >= 0.6 is 11.8 Å². The molecule has 1 aromatic rings. The van der Waals surface area contributed by atoms with E-state index in [1.807, 2.05) is 0 Å². The Bertz CT molecular complexity index is 618. The van der Waals surface area contributed by atoms with Gasteiger partial charge in [-0.15, -0.1) is 0 Å². The number of halogens is 6. The van der Waals surface area contributed by atoms with Crippen LogP contribution in [0, 0.1) is 11.3 Å². The molecule has 0 radical (unpaired) electrons. The van der Waals surface area contributed by atoms with Gasteiger partial charge in [-0.05, 0) is 30.8 Å². The molecule has 10 heteroatoms. The molecule has 0 saturated heterocycles. The lowest BCUT2D eigenvalue weighted by atomic mass is 10.0. The highest BCUT2D eigenvalue weighted by Gasteiger charge is 2.39. The minimum absolute atomic E-state index is 0.172. The topological polar surface area (TPSA) is 50.1 Å². The van der Waals surface area contributed by atoms with Gasteiger partial charge in [0, 0.05) is 4.90 Å². The Morgan fingerprint density at radius 1 is 1.27 bits per heavy atom. The zero-order valence-corrected chi connectivity index (χ0v) is 11.6. The van der Waals surface area contributed by atoms with Crippen molar-refractivity contribution in [1.82, 2.24) is 0 Å². The number of carbonyl (C=O) groups excluding carboxylic acids is 1. The SMILES string of the molecule is CCOC(=O)c1c(C#N)cc(SC(F)(F)F)cc1C(F)(F)F. The van der Waals surface area contributed by atoms with Crippen molar-refractivity contribution in [2.75, 3.05) is 6.61 Å². The van der Waals surface area contributed by atoms with Gasteiger partial charge in [-0.3, -0.25) is 0 Å². The van der Waals surface area contributed by atoms with Crippen molar-refractivity contribution in [3.8, 4) is 6.07 Å². The number of nitriles is 1. The molecule has 120 valence electrons. The van der Waals surface area contributed by atoms with Gasteiger partial charge in [0.2, 0.25) is 0 Å². The van der Waals surface area contributed by atoms with Crippen molar-refractivity contribution in [3.63, 3.8) is 0 Å². The normalized spacial score (nSPS) is 11.9. The third kappa shape index (κ3) is 4.56. The van der Waals surface area contributed by atoms with Gasteiger partial charge in [-0.1, -0.05) is 0 Å². The number of esters is 1. The van der Waals surface area contributed by atoms with Gasteiger partial charge >= 0.3 is 17.7 Å². The average Bonchev–Trinajstić information content (AvgIpc) is 2.34. The smallest absolute Gasteiger partial charge is 0.446 e. The highest BCUT2D eigenvalue weighted by molar-refractivity contribution is 8.00. The first-order valence-corrected chi connectivity index (χ1v) is 6.39. The number of ether oxygens (including phenoxy) is 1. The van der Waals surface area contributed by atoms with Crippen LogP contribution < -0.4 is 0 Å². The lowest BCUT2D eigenvalue weighted by Gasteiger charge is -2.15. The van der Waals surface area contributed by atoms with Gasteiger partial charge in [-0.25, -0.2) is 4.79 Å². The summed E-state index contributed by atoms with van der Waals surface area (Å²) in [7, 11) is 0. The third-order valence-electron chi connectivity index (χ3n) is 2.25. The summed E-state index contributed by atoms with van der Waals surface area (Å²) in [6.45, 7) is 1.09. The molecule has 0 atom stereocenters. The Morgan fingerprint density at radius 2 is 1.86 bits per heavy atom. The van der Waals surface area contributed by atoms with E-state index >= 15 is 0 Å². The quantitative estimate of drug-likeness (QED) is 0.465. The van der Waals surface area contributed by atoms with Crippen LogP contribution in [-0.4, -0.2) is 18.1 Å². The third-order valence-corrected chi connectivity index (χ3v) is 2.95. The fraction of sp³-hybridized carbons (Fsp3) is 0.333. The first kappa shape index (κ1) is 18.2. The molecule has 0 saturated carbocycles. The Kier molecular flexibility index (Phi) is 5.35. The average molecular weight is 343 g/mol. The maximum Gasteiger partial charge on any atom is 0.446 e. The van der Waals surface area contributed by atoms with E-state index in [2.05, 4.69) is 4.74 Å². The Labute approximate surface area is 124 Å². The minimum Gasteiger partial charge on any atom is -0.462 e. The molecule has 0 unspecified atom stereocenters. The summed E-state index contributed by atoms with van der Waals surface area (Å²) in [6.07, 6.45) is -5.12. The van der Waals surface area contributed by atoms with Crippen LogP contribution in [0.4, 0.5) is 26.3 Å². The molecular weight excluding hydrogens is 336 g/mol. The standard InChI is InChI=1S/C12H7F6NO2S/c1-2-21-10(20)9-6(5-19)3-7(22-12(16,17)18)4-8(9)11(13,14)15/h3-4H,2H2,1H3. The van der Waals surface area contributed by atoms with E-state index in [0.29, 0.717) is 6.07 Å². The summed E-state index contributed by atoms with van der Waals surface area (Å²) >= 11 is -0.809. The number of alkyl halides is 6. The van der Waals surface area contributed by atoms with Crippen molar-refractivity contribution < 1.29 is 35.9 Å². The van der Waals surface area contributed by atoms with E-state index in [-0.39, 0.29) is 12.7 Å². The van der Waals surface area contributed by atoms with Crippen LogP contribution in [0.1, 0.15) is 28.4 Å². The van der Waals surface area contributed by atoms with Gasteiger partial charge in [0.25, 0.3) is 0 Å². The zero-order valence-electron chi connectivity index (χ0n) is 10.8. The van der Waals surface area contributed by atoms with Crippen LogP contribution in [-0.2, 0) is 10.9 Å². The van der Waals surface area contributed by atoms with Gasteiger partial charge < -0.3 is 4.74 Å². The zero-order chi connectivity index (χ0) is 17.1. The summed E-state index contributed by atoms with van der Waals surface area (Å²) in [6, 6.07) is 2.03. The molecule has 1 aromatic carbocycles. The predicted octanol–water partition coefficient (Wildman–Crippen LogP) is 4.37. The number of hydrogen-bond donors (Lipinski definition) is 0. The van der Waals surface area contributed by atoms with Gasteiger partial charge in [0.05, 0.1) is 23.3 Å². The van der Waals surface area contributed by atoms with Crippen molar-refractivity contribution in [3.05, 3.63) is 28.8 Å². The molecule has 0 aliphatic rings. The number of rotatable bonds is 3. The maximum absolute atomic E-state index is 13.0. The summed E-state index contributed by atoms with van der Waals surface area (Å²) in [5, 5.41) is 8.83. The second-order valence-corrected chi connectivity index (χ2v) is 4.91. The molecule has 0 spiro atoms. The number of nitrogens with zero attached hydrogens (tertiary/aromatic N) is 1. The van der Waals surface area contributed by atoms with Crippen molar-refractivity contribution in [1.29, 1.82) is 5.26 Å². The molecule has 0 aliphatic carbocycles. The van der Waals surface area contributed by atoms with Crippen LogP contribution in [0.3, 0.4) is 0 Å². The summed E-state index contributed by atoms with van der Waals surface area (Å²) in [5.74, 6) is -1.42. The lowest BCUT2D eigenvalue weighted by molar-refractivity contribution is -0.138. The van der Waals surface area contributed by atoms with Crippen LogP contribution in [0.15, 0.2) is 17.0 Å². The molecule has 3 nitrogen and oxygen atoms in total. The van der Waals surface area contributed by atoms with Gasteiger partial charge in [0.1, 0.15) is 6.07 Å². The van der Waals surface area contributed by atoms with Gasteiger partial charge in [0.15, 0.2) is 0 Å². The van der Waals surface area contributed by atoms with Crippen molar-refractivity contribution in [2.24, 2.45) is 0 Å². The Morgan fingerprint density at radius 3 is 2.27 bits per heavy atom. The molecule has 0 aliphatic heterocycles. The van der Waals surface area contributed by atoms with E-state index in [1.165, 1.54) is 13.0 Å². The molecular formula is C12H7F6NO2S. The largest absolute Gasteiger partial charge is 0.462 e. The van der Waals surface area contributed by atoms with Gasteiger partial charge in [-0.2, -0.15) is 31.6 Å². The highest BCUT2D eigenvalue weighted by Crippen LogP contribution is 2.41. The monoisotopic (exact) mass is 343 g/mol. The molecule has 0 bridgehead atoms. The van der Waals surface area contributed by atoms with E-state index in [4.69, 9.17) is 5.26 Å². The van der Waals surface area contributed by atoms with E-state index < -0.39 is 51.0 Å². The molecule has 0 fully saturated rings. The molecule has 0 amide bonds. The fourth-order valence-electron chi connectivity index (χ4n) is 1.54. The molecule has 0 N–H and O–H groups in total. The molecule has 1 rings (SSSR count). The van der Waals surface area contributed by atoms with Crippen LogP contribution in [0.5, 0.6) is 0 Å². The second-order valence-electron chi connectivity index (χ2n) is 3.77. The summed E-state index contributed by atoms with van der Waals surface area (Å²) < 4.78 is 80.2. The first-order chi connectivity index (χ1) is 9.99. The number of carbonyl (C=O) groups is 1. The van der Waals surface area contributed by atoms with Crippen LogP contribution in [0.25, 0.3) is 0 Å². The Hall–Kier alpha value is -1.89. The number of benzene rings is 1. The fourth-order valence-corrected chi connectivity index (χ4v) is 2.16. The number of hydrogen-bond acceptors (Lipinski definition) is 4. The second kappa shape index (κ2) is 6.48. The van der Waals surface area contributed by atoms with E-state index in [9.17, 15) is 31.1 Å². The van der Waals surface area contributed by atoms with Crippen molar-refractivity contribution >= 4 is 17.7 Å². The molecule has 22 heavy (non-hydrogen) atoms. The minimum atomic E-state index is -5.12.